The number of carbonyl (C=O) groups excluding carboxylic acids is 1. The number of aliphatic carboxylic acids is 1. The minimum atomic E-state index is -0.869. The minimum Gasteiger partial charge on any atom is -0.490 e. The molecule has 1 aromatic rings. The van der Waals surface area contributed by atoms with E-state index in [1.807, 2.05) is 13.8 Å². The second-order valence-electron chi connectivity index (χ2n) is 6.39. The number of nitrogens with zero attached hydrogens (tertiary/aromatic N) is 1. The number of piperidine rings is 1. The summed E-state index contributed by atoms with van der Waals surface area (Å²) in [6.07, 6.45) is 2.07. The molecule has 1 amide bonds. The molecule has 6 nitrogen and oxygen atoms in total. The molecule has 1 aliphatic heterocycles. The van der Waals surface area contributed by atoms with E-state index in [4.69, 9.17) is 21.1 Å². The molecule has 26 heavy (non-hydrogen) atoms. The van der Waals surface area contributed by atoms with Gasteiger partial charge in [-0.3, -0.25) is 9.59 Å². The Labute approximate surface area is 159 Å². The summed E-state index contributed by atoms with van der Waals surface area (Å²) in [5.41, 5.74) is 0.375. The normalized spacial score (nSPS) is 19.9. The van der Waals surface area contributed by atoms with Crippen LogP contribution in [-0.2, 0) is 4.79 Å². The van der Waals surface area contributed by atoms with E-state index >= 15 is 0 Å². The van der Waals surface area contributed by atoms with Crippen molar-refractivity contribution in [2.24, 2.45) is 5.92 Å². The molecular weight excluding hydrogens is 358 g/mol. The van der Waals surface area contributed by atoms with Crippen molar-refractivity contribution < 1.29 is 24.2 Å². The van der Waals surface area contributed by atoms with E-state index in [2.05, 4.69) is 0 Å². The van der Waals surface area contributed by atoms with Gasteiger partial charge in [0.1, 0.15) is 0 Å². The molecule has 2 atom stereocenters. The standard InChI is InChI=1S/C19H26ClNO5/c1-4-9-26-17-15(20)10-13(11-16(17)25-5-2)18(22)21-8-6-7-14(12(21)3)19(23)24/h10-12,14H,4-9H2,1-3H3,(H,23,24)/t12-,14-/m0/s1. The van der Waals surface area contributed by atoms with Gasteiger partial charge in [-0.25, -0.2) is 0 Å². The van der Waals surface area contributed by atoms with E-state index in [1.165, 1.54) is 0 Å². The number of carbonyl (C=O) groups is 2. The molecule has 7 heteroatoms. The van der Waals surface area contributed by atoms with Gasteiger partial charge in [0.05, 0.1) is 24.2 Å². The molecule has 0 spiro atoms. The molecule has 0 aromatic heterocycles. The van der Waals surface area contributed by atoms with Gasteiger partial charge in [0, 0.05) is 18.2 Å². The van der Waals surface area contributed by atoms with Crippen molar-refractivity contribution in [2.45, 2.75) is 46.1 Å². The van der Waals surface area contributed by atoms with E-state index in [9.17, 15) is 14.7 Å². The molecule has 1 aliphatic rings. The monoisotopic (exact) mass is 383 g/mol. The van der Waals surface area contributed by atoms with Gasteiger partial charge in [0.2, 0.25) is 0 Å². The van der Waals surface area contributed by atoms with Crippen LogP contribution in [0.15, 0.2) is 12.1 Å². The number of benzene rings is 1. The van der Waals surface area contributed by atoms with Gasteiger partial charge in [0.15, 0.2) is 11.5 Å². The average molecular weight is 384 g/mol. The number of ether oxygens (including phenoxy) is 2. The number of hydrogen-bond donors (Lipinski definition) is 1. The van der Waals surface area contributed by atoms with Crippen molar-refractivity contribution in [3.8, 4) is 11.5 Å². The van der Waals surface area contributed by atoms with Crippen LogP contribution in [0.3, 0.4) is 0 Å². The third kappa shape index (κ3) is 4.41. The lowest BCUT2D eigenvalue weighted by molar-refractivity contribution is -0.144. The zero-order valence-corrected chi connectivity index (χ0v) is 16.2. The van der Waals surface area contributed by atoms with Crippen LogP contribution >= 0.6 is 11.6 Å². The fourth-order valence-corrected chi connectivity index (χ4v) is 3.49. The molecular formula is C19H26ClNO5. The molecule has 0 unspecified atom stereocenters. The first kappa shape index (κ1) is 20.4. The third-order valence-electron chi connectivity index (χ3n) is 4.57. The molecule has 0 radical (unpaired) electrons. The van der Waals surface area contributed by atoms with Gasteiger partial charge in [-0.2, -0.15) is 0 Å². The summed E-state index contributed by atoms with van der Waals surface area (Å²) >= 11 is 6.33. The predicted octanol–water partition coefficient (Wildman–Crippen LogP) is 3.85. The van der Waals surface area contributed by atoms with Gasteiger partial charge < -0.3 is 19.5 Å². The Hall–Kier alpha value is -1.95. The Kier molecular flexibility index (Phi) is 7.14. The third-order valence-corrected chi connectivity index (χ3v) is 4.85. The van der Waals surface area contributed by atoms with E-state index in [0.29, 0.717) is 54.7 Å². The smallest absolute Gasteiger partial charge is 0.308 e. The highest BCUT2D eigenvalue weighted by atomic mass is 35.5. The molecule has 0 saturated carbocycles. The lowest BCUT2D eigenvalue weighted by atomic mass is 9.90. The Bertz CT molecular complexity index is 664. The van der Waals surface area contributed by atoms with Crippen LogP contribution in [0, 0.1) is 5.92 Å². The van der Waals surface area contributed by atoms with E-state index in [-0.39, 0.29) is 11.9 Å². The van der Waals surface area contributed by atoms with Crippen molar-refractivity contribution in [3.63, 3.8) is 0 Å². The van der Waals surface area contributed by atoms with Crippen molar-refractivity contribution in [2.75, 3.05) is 19.8 Å². The van der Waals surface area contributed by atoms with Gasteiger partial charge in [-0.1, -0.05) is 18.5 Å². The maximum Gasteiger partial charge on any atom is 0.308 e. The summed E-state index contributed by atoms with van der Waals surface area (Å²) < 4.78 is 11.3. The Morgan fingerprint density at radius 3 is 2.65 bits per heavy atom. The Morgan fingerprint density at radius 2 is 2.04 bits per heavy atom. The average Bonchev–Trinajstić information content (AvgIpc) is 2.60. The van der Waals surface area contributed by atoms with E-state index < -0.39 is 11.9 Å². The molecule has 1 N–H and O–H groups in total. The van der Waals surface area contributed by atoms with Gasteiger partial charge in [0.25, 0.3) is 5.91 Å². The second-order valence-corrected chi connectivity index (χ2v) is 6.80. The maximum atomic E-state index is 13.0. The maximum absolute atomic E-state index is 13.0. The van der Waals surface area contributed by atoms with Crippen LogP contribution < -0.4 is 9.47 Å². The van der Waals surface area contributed by atoms with Crippen molar-refractivity contribution in [1.82, 2.24) is 4.90 Å². The van der Waals surface area contributed by atoms with Crippen LogP contribution in [0.25, 0.3) is 0 Å². The van der Waals surface area contributed by atoms with Crippen LogP contribution in [0.5, 0.6) is 11.5 Å². The van der Waals surface area contributed by atoms with Gasteiger partial charge in [-0.15, -0.1) is 0 Å². The summed E-state index contributed by atoms with van der Waals surface area (Å²) in [6, 6.07) is 2.81. The first-order chi connectivity index (χ1) is 12.4. The van der Waals surface area contributed by atoms with Crippen molar-refractivity contribution in [3.05, 3.63) is 22.7 Å². The lowest BCUT2D eigenvalue weighted by Gasteiger charge is -2.37. The molecule has 144 valence electrons. The molecule has 1 fully saturated rings. The van der Waals surface area contributed by atoms with Gasteiger partial charge >= 0.3 is 5.97 Å². The van der Waals surface area contributed by atoms with Crippen LogP contribution in [-0.4, -0.2) is 47.7 Å². The highest BCUT2D eigenvalue weighted by Gasteiger charge is 2.36. The predicted molar refractivity (Wildman–Crippen MR) is 99.3 cm³/mol. The molecule has 0 bridgehead atoms. The minimum absolute atomic E-state index is 0.242. The Morgan fingerprint density at radius 1 is 1.31 bits per heavy atom. The SMILES string of the molecule is CCCOc1c(Cl)cc(C(=O)N2CCC[C@H](C(=O)O)[C@@H]2C)cc1OCC. The van der Waals surface area contributed by atoms with Crippen molar-refractivity contribution >= 4 is 23.5 Å². The quantitative estimate of drug-likeness (QED) is 0.773. The van der Waals surface area contributed by atoms with Crippen LogP contribution in [0.4, 0.5) is 0 Å². The van der Waals surface area contributed by atoms with Crippen LogP contribution in [0.1, 0.15) is 50.4 Å². The number of likely N-dealkylation sites (tertiary alicyclic amines) is 1. The topological polar surface area (TPSA) is 76.1 Å². The number of halogens is 1. The largest absolute Gasteiger partial charge is 0.490 e. The van der Waals surface area contributed by atoms with Crippen molar-refractivity contribution in [1.29, 1.82) is 0 Å². The number of carboxylic acid groups (broad SMARTS) is 1. The Balaban J connectivity index is 2.31. The fraction of sp³-hybridized carbons (Fsp3) is 0.579. The highest BCUT2D eigenvalue weighted by Crippen LogP contribution is 2.37. The zero-order valence-electron chi connectivity index (χ0n) is 15.5. The number of rotatable bonds is 7. The second kappa shape index (κ2) is 9.12. The van der Waals surface area contributed by atoms with Crippen LogP contribution in [0.2, 0.25) is 5.02 Å². The fourth-order valence-electron chi connectivity index (χ4n) is 3.22. The highest BCUT2D eigenvalue weighted by molar-refractivity contribution is 6.32. The molecule has 1 saturated heterocycles. The summed E-state index contributed by atoms with van der Waals surface area (Å²) in [5.74, 6) is -0.806. The molecule has 1 aromatic carbocycles. The van der Waals surface area contributed by atoms with E-state index in [0.717, 1.165) is 6.42 Å². The molecule has 1 heterocycles. The summed E-state index contributed by atoms with van der Waals surface area (Å²) in [4.78, 5) is 26.0. The first-order valence-corrected chi connectivity index (χ1v) is 9.41. The zero-order chi connectivity index (χ0) is 19.3. The summed E-state index contributed by atoms with van der Waals surface area (Å²) in [6.45, 7) is 7.05. The molecule has 2 rings (SSSR count). The number of hydrogen-bond acceptors (Lipinski definition) is 4. The first-order valence-electron chi connectivity index (χ1n) is 9.03. The van der Waals surface area contributed by atoms with Gasteiger partial charge in [-0.05, 0) is 45.2 Å². The lowest BCUT2D eigenvalue weighted by Crippen LogP contribution is -2.49. The summed E-state index contributed by atoms with van der Waals surface area (Å²) in [7, 11) is 0. The van der Waals surface area contributed by atoms with E-state index in [1.54, 1.807) is 24.0 Å². The molecule has 0 aliphatic carbocycles. The summed E-state index contributed by atoms with van der Waals surface area (Å²) in [5, 5.41) is 9.67. The number of carboxylic acids is 1. The number of amides is 1.